The van der Waals surface area contributed by atoms with Gasteiger partial charge in [0, 0.05) is 12.8 Å². The van der Waals surface area contributed by atoms with Crippen molar-refractivity contribution in [2.75, 3.05) is 13.2 Å². The number of esters is 1. The lowest BCUT2D eigenvalue weighted by Gasteiger charge is -2.22. The molecule has 6 nitrogen and oxygen atoms in total. The number of ether oxygens (including phenoxy) is 1. The summed E-state index contributed by atoms with van der Waals surface area (Å²) in [7, 11) is 0. The van der Waals surface area contributed by atoms with Gasteiger partial charge >= 0.3 is 5.97 Å². The third-order valence-corrected chi connectivity index (χ3v) is 16.3. The summed E-state index contributed by atoms with van der Waals surface area (Å²) in [5.41, 5.74) is 0. The van der Waals surface area contributed by atoms with Gasteiger partial charge in [-0.3, -0.25) is 9.59 Å². The van der Waals surface area contributed by atoms with Gasteiger partial charge in [0.15, 0.2) is 0 Å². The fourth-order valence-electron chi connectivity index (χ4n) is 11.1. The Morgan fingerprint density at radius 3 is 0.947 bits per heavy atom. The Hall–Kier alpha value is -1.40. The van der Waals surface area contributed by atoms with Crippen LogP contribution in [0.5, 0.6) is 0 Å². The van der Waals surface area contributed by atoms with Crippen molar-refractivity contribution in [2.24, 2.45) is 0 Å². The second-order valence-corrected chi connectivity index (χ2v) is 23.9. The van der Waals surface area contributed by atoms with Gasteiger partial charge in [-0.25, -0.2) is 0 Å². The first kappa shape index (κ1) is 73.6. The first-order valence-corrected chi connectivity index (χ1v) is 34.4. The number of carbonyl (C=O) groups is 2. The van der Waals surface area contributed by atoms with E-state index >= 15 is 0 Å². The molecule has 0 aromatic rings. The smallest absolute Gasteiger partial charge is 0.305 e. The molecule has 0 spiro atoms. The summed E-state index contributed by atoms with van der Waals surface area (Å²) in [4.78, 5) is 24.7. The molecule has 0 fully saturated rings. The topological polar surface area (TPSA) is 95.9 Å². The van der Waals surface area contributed by atoms with Crippen LogP contribution in [0.15, 0.2) is 12.2 Å². The van der Waals surface area contributed by atoms with Crippen LogP contribution in [-0.4, -0.2) is 47.4 Å². The molecular formula is C69H135NO5. The molecule has 0 aliphatic heterocycles. The van der Waals surface area contributed by atoms with Gasteiger partial charge in [-0.1, -0.05) is 341 Å². The monoisotopic (exact) mass is 1060 g/mol. The highest BCUT2D eigenvalue weighted by atomic mass is 16.5. The number of nitrogens with one attached hydrogen (secondary N) is 1. The van der Waals surface area contributed by atoms with Crippen molar-refractivity contribution in [3.63, 3.8) is 0 Å². The number of carbonyl (C=O) groups excluding carboxylic acids is 2. The first-order valence-electron chi connectivity index (χ1n) is 34.4. The fourth-order valence-corrected chi connectivity index (χ4v) is 11.1. The van der Waals surface area contributed by atoms with E-state index in [1.165, 1.54) is 315 Å². The lowest BCUT2D eigenvalue weighted by atomic mass is 10.0. The van der Waals surface area contributed by atoms with Gasteiger partial charge in [0.2, 0.25) is 5.91 Å². The highest BCUT2D eigenvalue weighted by Crippen LogP contribution is 2.19. The van der Waals surface area contributed by atoms with Gasteiger partial charge in [0.25, 0.3) is 0 Å². The van der Waals surface area contributed by atoms with Crippen LogP contribution in [0.4, 0.5) is 0 Å². The number of unbranched alkanes of at least 4 members (excludes halogenated alkanes) is 52. The van der Waals surface area contributed by atoms with E-state index in [0.29, 0.717) is 25.9 Å². The zero-order valence-electron chi connectivity index (χ0n) is 51.1. The van der Waals surface area contributed by atoms with Gasteiger partial charge in [0.05, 0.1) is 25.4 Å². The highest BCUT2D eigenvalue weighted by Gasteiger charge is 2.20. The maximum Gasteiger partial charge on any atom is 0.305 e. The number of hydrogen-bond donors (Lipinski definition) is 3. The zero-order valence-corrected chi connectivity index (χ0v) is 51.1. The molecule has 446 valence electrons. The Morgan fingerprint density at radius 2 is 0.627 bits per heavy atom. The van der Waals surface area contributed by atoms with Gasteiger partial charge in [-0.05, 0) is 51.4 Å². The van der Waals surface area contributed by atoms with E-state index in [2.05, 4.69) is 31.3 Å². The molecule has 0 saturated carbocycles. The Bertz CT molecular complexity index is 1130. The largest absolute Gasteiger partial charge is 0.466 e. The third kappa shape index (κ3) is 61.7. The average molecular weight is 1060 g/mol. The van der Waals surface area contributed by atoms with Crippen LogP contribution in [0.1, 0.15) is 393 Å². The van der Waals surface area contributed by atoms with Crippen molar-refractivity contribution in [3.05, 3.63) is 12.2 Å². The normalized spacial score (nSPS) is 12.5. The van der Waals surface area contributed by atoms with E-state index in [0.717, 1.165) is 44.9 Å². The van der Waals surface area contributed by atoms with E-state index in [9.17, 15) is 19.8 Å². The van der Waals surface area contributed by atoms with Crippen molar-refractivity contribution in [1.29, 1.82) is 0 Å². The molecule has 3 N–H and O–H groups in total. The van der Waals surface area contributed by atoms with E-state index in [1.807, 2.05) is 0 Å². The molecule has 2 atom stereocenters. The van der Waals surface area contributed by atoms with Crippen LogP contribution in [-0.2, 0) is 14.3 Å². The summed E-state index contributed by atoms with van der Waals surface area (Å²) >= 11 is 0. The van der Waals surface area contributed by atoms with Gasteiger partial charge in [-0.2, -0.15) is 0 Å². The molecule has 0 aliphatic carbocycles. The molecule has 6 heteroatoms. The van der Waals surface area contributed by atoms with Gasteiger partial charge < -0.3 is 20.3 Å². The summed E-state index contributed by atoms with van der Waals surface area (Å²) in [5, 5.41) is 23.4. The first-order chi connectivity index (χ1) is 37.0. The molecule has 2 unspecified atom stereocenters. The van der Waals surface area contributed by atoms with E-state index in [4.69, 9.17) is 4.74 Å². The van der Waals surface area contributed by atoms with Crippen LogP contribution >= 0.6 is 0 Å². The lowest BCUT2D eigenvalue weighted by molar-refractivity contribution is -0.143. The van der Waals surface area contributed by atoms with Crippen molar-refractivity contribution < 1.29 is 24.5 Å². The maximum atomic E-state index is 12.5. The van der Waals surface area contributed by atoms with Crippen molar-refractivity contribution in [1.82, 2.24) is 5.32 Å². The molecule has 0 bridgehead atoms. The molecular weight excluding hydrogens is 923 g/mol. The Morgan fingerprint density at radius 1 is 0.360 bits per heavy atom. The Kier molecular flexibility index (Phi) is 63.9. The molecule has 0 rings (SSSR count). The van der Waals surface area contributed by atoms with E-state index < -0.39 is 12.1 Å². The minimum atomic E-state index is -0.670. The molecule has 0 radical (unpaired) electrons. The highest BCUT2D eigenvalue weighted by molar-refractivity contribution is 5.76. The molecule has 0 aromatic carbocycles. The summed E-state index contributed by atoms with van der Waals surface area (Å²) in [6, 6.07) is -0.548. The maximum absolute atomic E-state index is 12.5. The number of hydrogen-bond acceptors (Lipinski definition) is 5. The predicted molar refractivity (Wildman–Crippen MR) is 329 cm³/mol. The average Bonchev–Trinajstić information content (AvgIpc) is 3.41. The summed E-state index contributed by atoms with van der Waals surface area (Å²) in [5.74, 6) is -0.0349. The van der Waals surface area contributed by atoms with Crippen molar-refractivity contribution in [2.45, 2.75) is 405 Å². The Balaban J connectivity index is 3.40. The van der Waals surface area contributed by atoms with Crippen molar-refractivity contribution in [3.8, 4) is 0 Å². The Labute approximate surface area is 469 Å². The molecule has 0 heterocycles. The van der Waals surface area contributed by atoms with Crippen LogP contribution < -0.4 is 5.32 Å². The summed E-state index contributed by atoms with van der Waals surface area (Å²) < 4.78 is 5.50. The molecule has 0 aliphatic rings. The number of rotatable bonds is 65. The van der Waals surface area contributed by atoms with E-state index in [1.54, 1.807) is 0 Å². The predicted octanol–water partition coefficient (Wildman–Crippen LogP) is 22.0. The standard InChI is InChI=1S/C69H135NO5/c1-3-5-7-9-11-13-15-17-19-21-23-24-25-26-27-28-29-33-37-41-45-49-53-57-61-67(72)66(65-71)70-68(73)62-58-54-50-46-42-38-34-31-32-36-40-44-48-52-56-60-64-75-69(74)63-59-55-51-47-43-39-35-30-22-20-18-16-14-12-10-8-6-4-2/h20,22,66-67,71-72H,3-19,21,23-65H2,1-2H3,(H,70,73)/b22-20-. The van der Waals surface area contributed by atoms with E-state index in [-0.39, 0.29) is 18.5 Å². The number of amides is 1. The minimum absolute atomic E-state index is 0.00189. The van der Waals surface area contributed by atoms with Crippen LogP contribution in [0.25, 0.3) is 0 Å². The van der Waals surface area contributed by atoms with Gasteiger partial charge in [0.1, 0.15) is 0 Å². The second-order valence-electron chi connectivity index (χ2n) is 23.9. The SMILES string of the molecule is CCCCCCCCC/C=C\CCCCCCCCCC(=O)OCCCCCCCCCCCCCCCCCCC(=O)NC(CO)C(O)CCCCCCCCCCCCCCCCCCCCCCCCCC. The zero-order chi connectivity index (χ0) is 54.3. The quantitative estimate of drug-likeness (QED) is 0.0320. The van der Waals surface area contributed by atoms with Crippen LogP contribution in [0.2, 0.25) is 0 Å². The van der Waals surface area contributed by atoms with Crippen LogP contribution in [0.3, 0.4) is 0 Å². The summed E-state index contributed by atoms with van der Waals surface area (Å²) in [6.45, 7) is 4.98. The number of allylic oxidation sites excluding steroid dienone is 2. The third-order valence-electron chi connectivity index (χ3n) is 16.3. The molecule has 1 amide bonds. The molecule has 75 heavy (non-hydrogen) atoms. The summed E-state index contributed by atoms with van der Waals surface area (Å²) in [6.07, 6.45) is 79.5. The van der Waals surface area contributed by atoms with Crippen molar-refractivity contribution >= 4 is 11.9 Å². The fraction of sp³-hybridized carbons (Fsp3) is 0.942. The lowest BCUT2D eigenvalue weighted by Crippen LogP contribution is -2.45. The number of aliphatic hydroxyl groups excluding tert-OH is 2. The second kappa shape index (κ2) is 65.1. The molecule has 0 saturated heterocycles. The molecule has 0 aromatic heterocycles. The number of aliphatic hydroxyl groups is 2. The minimum Gasteiger partial charge on any atom is -0.466 e. The van der Waals surface area contributed by atoms with Crippen LogP contribution in [0, 0.1) is 0 Å². The van der Waals surface area contributed by atoms with Gasteiger partial charge in [-0.15, -0.1) is 0 Å².